The smallest absolute Gasteiger partial charge is 0.159 e. The fraction of sp³-hybridized carbons (Fsp3) is 0.150. The number of ether oxygens (including phenoxy) is 1. The predicted molar refractivity (Wildman–Crippen MR) is 108 cm³/mol. The van der Waals surface area contributed by atoms with Crippen LogP contribution in [0.4, 0.5) is 0 Å². The molecule has 8 heteroatoms. The van der Waals surface area contributed by atoms with E-state index < -0.39 is 0 Å². The van der Waals surface area contributed by atoms with E-state index in [0.717, 1.165) is 27.0 Å². The molecule has 1 aromatic carbocycles. The zero-order chi connectivity index (χ0) is 19.5. The van der Waals surface area contributed by atoms with Gasteiger partial charge in [0.2, 0.25) is 0 Å². The molecular weight excluding hydrogens is 372 g/mol. The number of aromatic nitrogens is 6. The van der Waals surface area contributed by atoms with E-state index in [1.807, 2.05) is 43.7 Å². The lowest BCUT2D eigenvalue weighted by molar-refractivity contribution is 0.411. The van der Waals surface area contributed by atoms with E-state index >= 15 is 0 Å². The Morgan fingerprint density at radius 2 is 1.93 bits per heavy atom. The molecule has 0 atom stereocenters. The van der Waals surface area contributed by atoms with E-state index in [4.69, 9.17) is 17.0 Å². The van der Waals surface area contributed by atoms with Crippen molar-refractivity contribution in [2.24, 2.45) is 7.05 Å². The van der Waals surface area contributed by atoms with Crippen molar-refractivity contribution in [2.75, 3.05) is 7.11 Å². The number of hydrogen-bond acceptors (Lipinski definition) is 6. The van der Waals surface area contributed by atoms with Gasteiger partial charge in [0.1, 0.15) is 5.69 Å². The summed E-state index contributed by atoms with van der Waals surface area (Å²) in [4.78, 5) is 8.71. The summed E-state index contributed by atoms with van der Waals surface area (Å²) in [5.74, 6) is 1.27. The van der Waals surface area contributed by atoms with Crippen molar-refractivity contribution in [2.45, 2.75) is 6.42 Å². The second kappa shape index (κ2) is 7.69. The molecule has 140 valence electrons. The summed E-state index contributed by atoms with van der Waals surface area (Å²) in [6.45, 7) is 0. The monoisotopic (exact) mass is 390 g/mol. The molecular formula is C20H18N6OS. The Labute approximate surface area is 167 Å². The highest BCUT2D eigenvalue weighted by atomic mass is 32.1. The van der Waals surface area contributed by atoms with Gasteiger partial charge in [-0.05, 0) is 17.7 Å². The summed E-state index contributed by atoms with van der Waals surface area (Å²) in [6, 6.07) is 9.96. The first-order valence-corrected chi connectivity index (χ1v) is 9.06. The summed E-state index contributed by atoms with van der Waals surface area (Å²) in [5, 5.41) is 8.88. The molecule has 0 fully saturated rings. The van der Waals surface area contributed by atoms with E-state index in [1.165, 1.54) is 0 Å². The molecule has 0 aliphatic heterocycles. The lowest BCUT2D eigenvalue weighted by Crippen LogP contribution is -2.04. The summed E-state index contributed by atoms with van der Waals surface area (Å²) in [7, 11) is 3.47. The van der Waals surface area contributed by atoms with Crippen LogP contribution in [0.15, 0.2) is 61.3 Å². The molecule has 4 aromatic rings. The first-order valence-electron chi connectivity index (χ1n) is 8.65. The molecule has 7 nitrogen and oxygen atoms in total. The van der Waals surface area contributed by atoms with Crippen molar-refractivity contribution in [3.63, 3.8) is 0 Å². The van der Waals surface area contributed by atoms with Crippen LogP contribution in [0.1, 0.15) is 11.3 Å². The number of hydrogen-bond donors (Lipinski definition) is 0. The van der Waals surface area contributed by atoms with E-state index in [1.54, 1.807) is 35.1 Å². The number of aryl methyl sites for hydroxylation is 1. The average molecular weight is 390 g/mol. The molecule has 3 heterocycles. The maximum absolute atomic E-state index is 5.48. The average Bonchev–Trinajstić information content (AvgIpc) is 3.16. The van der Waals surface area contributed by atoms with E-state index in [2.05, 4.69) is 26.2 Å². The zero-order valence-corrected chi connectivity index (χ0v) is 16.3. The minimum absolute atomic E-state index is 0.615. The van der Waals surface area contributed by atoms with Gasteiger partial charge in [0.25, 0.3) is 0 Å². The van der Waals surface area contributed by atoms with Gasteiger partial charge in [-0.25, -0.2) is 14.6 Å². The molecule has 0 saturated heterocycles. The largest absolute Gasteiger partial charge is 0.494 e. The van der Waals surface area contributed by atoms with E-state index in [0.29, 0.717) is 18.0 Å². The number of nitrogens with zero attached hydrogens (tertiary/aromatic N) is 6. The fourth-order valence-corrected chi connectivity index (χ4v) is 3.00. The van der Waals surface area contributed by atoms with Gasteiger partial charge >= 0.3 is 0 Å². The molecule has 28 heavy (non-hydrogen) atoms. The highest BCUT2D eigenvalue weighted by molar-refractivity contribution is 7.71. The van der Waals surface area contributed by atoms with Gasteiger partial charge < -0.3 is 4.74 Å². The van der Waals surface area contributed by atoms with Crippen LogP contribution in [-0.2, 0) is 13.5 Å². The molecule has 0 amide bonds. The zero-order valence-electron chi connectivity index (χ0n) is 15.5. The summed E-state index contributed by atoms with van der Waals surface area (Å²) >= 11 is 5.48. The highest BCUT2D eigenvalue weighted by Gasteiger charge is 2.07. The third kappa shape index (κ3) is 3.81. The lowest BCUT2D eigenvalue weighted by atomic mass is 10.1. The van der Waals surface area contributed by atoms with Gasteiger partial charge in [-0.15, -0.1) is 0 Å². The third-order valence-corrected chi connectivity index (χ3v) is 4.63. The standard InChI is InChI=1S/C20H18N6OS/c1-25-13-16(10-23-25)26-7-6-19(28)18(24-26)9-14-4-3-5-15(8-14)20-21-11-17(27-2)12-22-20/h3-8,10-13H,9H2,1-2H3. The van der Waals surface area contributed by atoms with Crippen molar-refractivity contribution >= 4 is 12.2 Å². The topological polar surface area (TPSA) is 70.7 Å². The molecule has 0 aliphatic rings. The van der Waals surface area contributed by atoms with Crippen LogP contribution in [0.25, 0.3) is 17.1 Å². The van der Waals surface area contributed by atoms with Crippen LogP contribution >= 0.6 is 12.2 Å². The van der Waals surface area contributed by atoms with Gasteiger partial charge in [-0.1, -0.05) is 30.4 Å². The first kappa shape index (κ1) is 18.0. The summed E-state index contributed by atoms with van der Waals surface area (Å²) < 4.78 is 9.37. The molecule has 3 aromatic heterocycles. The Bertz CT molecular complexity index is 1170. The molecule has 0 bridgehead atoms. The Kier molecular flexibility index (Phi) is 4.94. The van der Waals surface area contributed by atoms with Gasteiger partial charge in [-0.2, -0.15) is 10.2 Å². The summed E-state index contributed by atoms with van der Waals surface area (Å²) in [6.07, 6.45) is 9.45. The normalized spacial score (nSPS) is 10.8. The molecule has 0 unspecified atom stereocenters. The fourth-order valence-electron chi connectivity index (χ4n) is 2.82. The first-order chi connectivity index (χ1) is 13.6. The van der Waals surface area contributed by atoms with Crippen molar-refractivity contribution in [3.8, 4) is 22.8 Å². The van der Waals surface area contributed by atoms with Crippen molar-refractivity contribution in [1.82, 2.24) is 29.5 Å². The lowest BCUT2D eigenvalue weighted by Gasteiger charge is -2.08. The van der Waals surface area contributed by atoms with Crippen molar-refractivity contribution < 1.29 is 4.74 Å². The number of benzene rings is 1. The quantitative estimate of drug-likeness (QED) is 0.487. The van der Waals surface area contributed by atoms with Crippen LogP contribution in [0, 0.1) is 4.51 Å². The van der Waals surface area contributed by atoms with Crippen LogP contribution in [0.3, 0.4) is 0 Å². The summed E-state index contributed by atoms with van der Waals surface area (Å²) in [5.41, 5.74) is 3.73. The Morgan fingerprint density at radius 1 is 1.11 bits per heavy atom. The molecule has 0 N–H and O–H groups in total. The van der Waals surface area contributed by atoms with E-state index in [-0.39, 0.29) is 0 Å². The highest BCUT2D eigenvalue weighted by Crippen LogP contribution is 2.20. The van der Waals surface area contributed by atoms with Crippen LogP contribution in [0.5, 0.6) is 5.75 Å². The second-order valence-electron chi connectivity index (χ2n) is 6.27. The molecule has 0 radical (unpaired) electrons. The van der Waals surface area contributed by atoms with E-state index in [9.17, 15) is 0 Å². The molecule has 0 spiro atoms. The molecule has 0 aliphatic carbocycles. The van der Waals surface area contributed by atoms with Gasteiger partial charge in [0.15, 0.2) is 11.6 Å². The maximum atomic E-state index is 5.48. The Morgan fingerprint density at radius 3 is 2.64 bits per heavy atom. The minimum atomic E-state index is 0.615. The number of methoxy groups -OCH3 is 1. The van der Waals surface area contributed by atoms with Crippen LogP contribution < -0.4 is 4.74 Å². The number of rotatable bonds is 5. The van der Waals surface area contributed by atoms with Gasteiger partial charge in [-0.3, -0.25) is 4.68 Å². The molecule has 4 rings (SSSR count). The third-order valence-electron chi connectivity index (χ3n) is 4.26. The Balaban J connectivity index is 1.63. The van der Waals surface area contributed by atoms with Crippen molar-refractivity contribution in [1.29, 1.82) is 0 Å². The Hall–Kier alpha value is -3.39. The second-order valence-corrected chi connectivity index (χ2v) is 6.71. The van der Waals surface area contributed by atoms with Crippen LogP contribution in [-0.4, -0.2) is 36.6 Å². The van der Waals surface area contributed by atoms with Gasteiger partial charge in [0, 0.05) is 25.2 Å². The van der Waals surface area contributed by atoms with Gasteiger partial charge in [0.05, 0.1) is 42.1 Å². The minimum Gasteiger partial charge on any atom is -0.494 e. The SMILES string of the molecule is COc1cnc(-c2cccc(Cc3nn(-c4cnn(C)c4)ccc3=S)c2)nc1. The predicted octanol–water partition coefficient (Wildman–Crippen LogP) is 3.39. The van der Waals surface area contributed by atoms with Crippen molar-refractivity contribution in [3.05, 3.63) is 77.1 Å². The molecule has 0 saturated carbocycles. The van der Waals surface area contributed by atoms with Crippen LogP contribution in [0.2, 0.25) is 0 Å². The maximum Gasteiger partial charge on any atom is 0.159 e.